The zero-order valence-corrected chi connectivity index (χ0v) is 9.88. The third kappa shape index (κ3) is 4.13. The number of nitrogens with zero attached hydrogens (tertiary/aromatic N) is 2. The second kappa shape index (κ2) is 5.25. The second-order valence-corrected chi connectivity index (χ2v) is 3.94. The van der Waals surface area contributed by atoms with Gasteiger partial charge in [0.2, 0.25) is 0 Å². The summed E-state index contributed by atoms with van der Waals surface area (Å²) in [5, 5.41) is 0. The van der Waals surface area contributed by atoms with Gasteiger partial charge in [-0.05, 0) is 25.0 Å². The van der Waals surface area contributed by atoms with E-state index in [-0.39, 0.29) is 0 Å². The molecule has 0 aromatic carbocycles. The van der Waals surface area contributed by atoms with E-state index in [4.69, 9.17) is 5.73 Å². The van der Waals surface area contributed by atoms with E-state index in [1.165, 1.54) is 11.1 Å². The number of halogens is 3. The van der Waals surface area contributed by atoms with Gasteiger partial charge in [0, 0.05) is 6.54 Å². The SMILES string of the molecule is CCCN(CC(F)(F)F)c1cc(C)c(N)cn1. The maximum absolute atomic E-state index is 12.4. The van der Waals surface area contributed by atoms with Crippen molar-refractivity contribution in [1.82, 2.24) is 4.98 Å². The number of hydrogen-bond acceptors (Lipinski definition) is 3. The van der Waals surface area contributed by atoms with Crippen LogP contribution in [-0.4, -0.2) is 24.2 Å². The van der Waals surface area contributed by atoms with Crippen LogP contribution in [0.15, 0.2) is 12.3 Å². The summed E-state index contributed by atoms with van der Waals surface area (Å²) in [6.07, 6.45) is -2.21. The molecule has 0 spiro atoms. The summed E-state index contributed by atoms with van der Waals surface area (Å²) < 4.78 is 37.2. The largest absolute Gasteiger partial charge is 0.405 e. The molecule has 0 saturated carbocycles. The van der Waals surface area contributed by atoms with Crippen LogP contribution in [0.2, 0.25) is 0 Å². The molecule has 2 N–H and O–H groups in total. The first-order chi connectivity index (χ1) is 7.83. The Morgan fingerprint density at radius 2 is 2.06 bits per heavy atom. The molecule has 96 valence electrons. The number of pyridine rings is 1. The lowest BCUT2D eigenvalue weighted by molar-refractivity contribution is -0.119. The number of anilines is 2. The van der Waals surface area contributed by atoms with Crippen molar-refractivity contribution in [2.24, 2.45) is 0 Å². The average molecular weight is 247 g/mol. The molecule has 0 aliphatic heterocycles. The average Bonchev–Trinajstić information content (AvgIpc) is 2.19. The van der Waals surface area contributed by atoms with Gasteiger partial charge >= 0.3 is 6.18 Å². The molecule has 3 nitrogen and oxygen atoms in total. The van der Waals surface area contributed by atoms with Gasteiger partial charge in [-0.3, -0.25) is 0 Å². The smallest absolute Gasteiger partial charge is 0.397 e. The molecule has 17 heavy (non-hydrogen) atoms. The van der Waals surface area contributed by atoms with E-state index in [1.807, 2.05) is 6.92 Å². The number of nitrogens with two attached hydrogens (primary N) is 1. The number of hydrogen-bond donors (Lipinski definition) is 1. The van der Waals surface area contributed by atoms with E-state index >= 15 is 0 Å². The summed E-state index contributed by atoms with van der Waals surface area (Å²) in [5.41, 5.74) is 6.80. The van der Waals surface area contributed by atoms with Crippen molar-refractivity contribution in [3.05, 3.63) is 17.8 Å². The molecule has 1 rings (SSSR count). The standard InChI is InChI=1S/C11H16F3N3/c1-3-4-17(7-11(12,13)14)10-5-8(2)9(15)6-16-10/h5-6H,3-4,7,15H2,1-2H3. The third-order valence-corrected chi connectivity index (χ3v) is 2.32. The van der Waals surface area contributed by atoms with Crippen LogP contribution in [0, 0.1) is 6.92 Å². The Labute approximate surface area is 98.4 Å². The summed E-state index contributed by atoms with van der Waals surface area (Å²) in [6.45, 7) is 2.90. The van der Waals surface area contributed by atoms with Crippen LogP contribution in [-0.2, 0) is 0 Å². The molecule has 0 amide bonds. The third-order valence-electron chi connectivity index (χ3n) is 2.32. The number of aryl methyl sites for hydroxylation is 1. The summed E-state index contributed by atoms with van der Waals surface area (Å²) in [6, 6.07) is 1.58. The van der Waals surface area contributed by atoms with Crippen LogP contribution in [0.1, 0.15) is 18.9 Å². The van der Waals surface area contributed by atoms with E-state index in [1.54, 1.807) is 13.0 Å². The maximum atomic E-state index is 12.4. The number of aromatic nitrogens is 1. The highest BCUT2D eigenvalue weighted by Crippen LogP contribution is 2.22. The van der Waals surface area contributed by atoms with E-state index < -0.39 is 12.7 Å². The van der Waals surface area contributed by atoms with Crippen LogP contribution in [0.3, 0.4) is 0 Å². The van der Waals surface area contributed by atoms with Crippen molar-refractivity contribution >= 4 is 11.5 Å². The summed E-state index contributed by atoms with van der Waals surface area (Å²) in [5.74, 6) is 0.316. The van der Waals surface area contributed by atoms with Crippen LogP contribution in [0.25, 0.3) is 0 Å². The van der Waals surface area contributed by atoms with Crippen molar-refractivity contribution in [3.8, 4) is 0 Å². The zero-order valence-electron chi connectivity index (χ0n) is 9.88. The molecule has 0 fully saturated rings. The highest BCUT2D eigenvalue weighted by molar-refractivity contribution is 5.52. The Bertz CT molecular complexity index is 377. The monoisotopic (exact) mass is 247 g/mol. The van der Waals surface area contributed by atoms with Gasteiger partial charge in [0.25, 0.3) is 0 Å². The number of alkyl halides is 3. The fourth-order valence-corrected chi connectivity index (χ4v) is 1.49. The van der Waals surface area contributed by atoms with E-state index in [2.05, 4.69) is 4.98 Å². The van der Waals surface area contributed by atoms with E-state index in [0.717, 1.165) is 5.56 Å². The van der Waals surface area contributed by atoms with Gasteiger partial charge in [0.1, 0.15) is 12.4 Å². The highest BCUT2D eigenvalue weighted by atomic mass is 19.4. The van der Waals surface area contributed by atoms with Gasteiger partial charge in [0.15, 0.2) is 0 Å². The number of nitrogen functional groups attached to an aromatic ring is 1. The van der Waals surface area contributed by atoms with Crippen molar-refractivity contribution in [2.45, 2.75) is 26.4 Å². The van der Waals surface area contributed by atoms with Crippen LogP contribution < -0.4 is 10.6 Å². The van der Waals surface area contributed by atoms with Gasteiger partial charge in [-0.1, -0.05) is 6.92 Å². The fourth-order valence-electron chi connectivity index (χ4n) is 1.49. The number of rotatable bonds is 4. The molecule has 0 unspecified atom stereocenters. The van der Waals surface area contributed by atoms with E-state index in [0.29, 0.717) is 24.5 Å². The van der Waals surface area contributed by atoms with Gasteiger partial charge < -0.3 is 10.6 Å². The first-order valence-corrected chi connectivity index (χ1v) is 5.37. The molecule has 0 saturated heterocycles. The molecule has 1 aromatic rings. The highest BCUT2D eigenvalue weighted by Gasteiger charge is 2.31. The van der Waals surface area contributed by atoms with Crippen molar-refractivity contribution in [3.63, 3.8) is 0 Å². The van der Waals surface area contributed by atoms with Gasteiger partial charge in [-0.25, -0.2) is 4.98 Å². The zero-order chi connectivity index (χ0) is 13.1. The predicted molar refractivity (Wildman–Crippen MR) is 61.9 cm³/mol. The minimum absolute atomic E-state index is 0.315. The van der Waals surface area contributed by atoms with Crippen LogP contribution in [0.4, 0.5) is 24.7 Å². The first kappa shape index (κ1) is 13.6. The molecule has 0 atom stereocenters. The Morgan fingerprint density at radius 3 is 2.53 bits per heavy atom. The Balaban J connectivity index is 2.93. The first-order valence-electron chi connectivity index (χ1n) is 5.37. The summed E-state index contributed by atoms with van der Waals surface area (Å²) >= 11 is 0. The fraction of sp³-hybridized carbons (Fsp3) is 0.545. The summed E-state index contributed by atoms with van der Waals surface area (Å²) in [7, 11) is 0. The topological polar surface area (TPSA) is 42.1 Å². The molecular weight excluding hydrogens is 231 g/mol. The van der Waals surface area contributed by atoms with Gasteiger partial charge in [-0.2, -0.15) is 13.2 Å². The predicted octanol–water partition coefficient (Wildman–Crippen LogP) is 2.75. The van der Waals surface area contributed by atoms with E-state index in [9.17, 15) is 13.2 Å². The summed E-state index contributed by atoms with van der Waals surface area (Å²) in [4.78, 5) is 5.16. The lowest BCUT2D eigenvalue weighted by Gasteiger charge is -2.24. The van der Waals surface area contributed by atoms with Gasteiger partial charge in [0.05, 0.1) is 11.9 Å². The molecule has 6 heteroatoms. The van der Waals surface area contributed by atoms with Gasteiger partial charge in [-0.15, -0.1) is 0 Å². The van der Waals surface area contributed by atoms with Crippen molar-refractivity contribution in [1.29, 1.82) is 0 Å². The molecular formula is C11H16F3N3. The van der Waals surface area contributed by atoms with Crippen molar-refractivity contribution in [2.75, 3.05) is 23.7 Å². The quantitative estimate of drug-likeness (QED) is 0.889. The lowest BCUT2D eigenvalue weighted by atomic mass is 10.2. The molecule has 1 aromatic heterocycles. The molecule has 1 heterocycles. The Hall–Kier alpha value is -1.46. The minimum Gasteiger partial charge on any atom is -0.397 e. The second-order valence-electron chi connectivity index (χ2n) is 3.94. The Morgan fingerprint density at radius 1 is 1.41 bits per heavy atom. The molecule has 0 bridgehead atoms. The maximum Gasteiger partial charge on any atom is 0.405 e. The lowest BCUT2D eigenvalue weighted by Crippen LogP contribution is -2.35. The normalized spacial score (nSPS) is 11.6. The minimum atomic E-state index is -4.23. The van der Waals surface area contributed by atoms with Crippen molar-refractivity contribution < 1.29 is 13.2 Å². The molecule has 0 aliphatic carbocycles. The molecule has 0 aliphatic rings. The Kier molecular flexibility index (Phi) is 4.20. The molecule has 0 radical (unpaired) electrons. The van der Waals surface area contributed by atoms with Crippen LogP contribution in [0.5, 0.6) is 0 Å². The van der Waals surface area contributed by atoms with Crippen LogP contribution >= 0.6 is 0 Å².